The maximum atomic E-state index is 10.2. The van der Waals surface area contributed by atoms with E-state index in [1.54, 1.807) is 11.3 Å². The molecule has 1 heterocycles. The molecule has 84 valence electrons. The third kappa shape index (κ3) is 2.34. The summed E-state index contributed by atoms with van der Waals surface area (Å²) in [4.78, 5) is 1.23. The number of hydrogen-bond donors (Lipinski definition) is 1. The predicted molar refractivity (Wildman–Crippen MR) is 68.9 cm³/mol. The highest BCUT2D eigenvalue weighted by Crippen LogP contribution is 2.25. The molecule has 0 saturated heterocycles. The normalized spacial score (nSPS) is 12.7. The minimum Gasteiger partial charge on any atom is -0.388 e. The number of hydrogen-bond acceptors (Lipinski definition) is 2. The van der Waals surface area contributed by atoms with E-state index >= 15 is 0 Å². The second-order valence-electron chi connectivity index (χ2n) is 4.09. The third-order valence-electron chi connectivity index (χ3n) is 2.98. The first-order valence-electron chi connectivity index (χ1n) is 5.45. The molecule has 0 aliphatic carbocycles. The van der Waals surface area contributed by atoms with Gasteiger partial charge in [-0.15, -0.1) is 11.3 Å². The quantitative estimate of drug-likeness (QED) is 0.856. The van der Waals surface area contributed by atoms with Gasteiger partial charge in [-0.1, -0.05) is 24.3 Å². The lowest BCUT2D eigenvalue weighted by Gasteiger charge is -2.14. The van der Waals surface area contributed by atoms with Gasteiger partial charge in [0.25, 0.3) is 0 Å². The smallest absolute Gasteiger partial charge is 0.0840 e. The summed E-state index contributed by atoms with van der Waals surface area (Å²) in [7, 11) is 0. The Hall–Kier alpha value is -1.12. The average Bonchev–Trinajstić information content (AvgIpc) is 2.74. The molecule has 1 unspecified atom stereocenters. The van der Waals surface area contributed by atoms with Gasteiger partial charge in [0, 0.05) is 11.3 Å². The number of thiophene rings is 1. The molecule has 2 rings (SSSR count). The van der Waals surface area contributed by atoms with Gasteiger partial charge in [0.2, 0.25) is 0 Å². The molecule has 1 N–H and O–H groups in total. The molecular formula is C14H16OS. The van der Waals surface area contributed by atoms with Crippen LogP contribution in [0.4, 0.5) is 0 Å². The molecule has 0 saturated carbocycles. The van der Waals surface area contributed by atoms with Gasteiger partial charge in [0.1, 0.15) is 0 Å². The van der Waals surface area contributed by atoms with E-state index in [0.29, 0.717) is 6.42 Å². The van der Waals surface area contributed by atoms with Crippen molar-refractivity contribution in [2.75, 3.05) is 0 Å². The van der Waals surface area contributed by atoms with E-state index in [0.717, 1.165) is 5.56 Å². The lowest BCUT2D eigenvalue weighted by Crippen LogP contribution is -2.03. The molecule has 0 bridgehead atoms. The Kier molecular flexibility index (Phi) is 3.42. The minimum absolute atomic E-state index is 0.390. The van der Waals surface area contributed by atoms with Crippen molar-refractivity contribution in [2.24, 2.45) is 0 Å². The van der Waals surface area contributed by atoms with Crippen LogP contribution in [0.1, 0.15) is 27.7 Å². The standard InChI is InChI=1S/C14H16OS/c1-10-5-3-7-13(11(10)2)14(15)9-12-6-4-8-16-12/h3-8,14-15H,9H2,1-2H3. The molecular weight excluding hydrogens is 216 g/mol. The van der Waals surface area contributed by atoms with Crippen LogP contribution in [0.3, 0.4) is 0 Å². The molecule has 16 heavy (non-hydrogen) atoms. The van der Waals surface area contributed by atoms with Crippen LogP contribution in [0, 0.1) is 13.8 Å². The highest BCUT2D eigenvalue weighted by atomic mass is 32.1. The Morgan fingerprint density at radius 1 is 1.19 bits per heavy atom. The molecule has 0 fully saturated rings. The Labute approximate surface area is 100 Å². The van der Waals surface area contributed by atoms with Gasteiger partial charge in [-0.2, -0.15) is 0 Å². The zero-order valence-corrected chi connectivity index (χ0v) is 10.4. The van der Waals surface area contributed by atoms with Crippen LogP contribution in [0.25, 0.3) is 0 Å². The van der Waals surface area contributed by atoms with Gasteiger partial charge < -0.3 is 5.11 Å². The molecule has 1 atom stereocenters. The largest absolute Gasteiger partial charge is 0.388 e. The molecule has 2 heteroatoms. The first-order valence-corrected chi connectivity index (χ1v) is 6.33. The number of benzene rings is 1. The number of aryl methyl sites for hydroxylation is 1. The fourth-order valence-corrected chi connectivity index (χ4v) is 2.61. The van der Waals surface area contributed by atoms with Crippen molar-refractivity contribution in [1.82, 2.24) is 0 Å². The van der Waals surface area contributed by atoms with Crippen molar-refractivity contribution in [1.29, 1.82) is 0 Å². The molecule has 2 aromatic rings. The van der Waals surface area contributed by atoms with Crippen LogP contribution in [0.15, 0.2) is 35.7 Å². The zero-order chi connectivity index (χ0) is 11.5. The lowest BCUT2D eigenvalue weighted by molar-refractivity contribution is 0.178. The van der Waals surface area contributed by atoms with Crippen LogP contribution in [0.2, 0.25) is 0 Å². The van der Waals surface area contributed by atoms with Gasteiger partial charge >= 0.3 is 0 Å². The molecule has 1 aromatic heterocycles. The summed E-state index contributed by atoms with van der Waals surface area (Å²) in [6.45, 7) is 4.15. The van der Waals surface area contributed by atoms with Crippen LogP contribution >= 0.6 is 11.3 Å². The number of aliphatic hydroxyl groups is 1. The summed E-state index contributed by atoms with van der Waals surface area (Å²) in [5, 5.41) is 12.3. The van der Waals surface area contributed by atoms with Crippen molar-refractivity contribution in [3.8, 4) is 0 Å². The van der Waals surface area contributed by atoms with Crippen molar-refractivity contribution in [3.05, 3.63) is 57.3 Å². The topological polar surface area (TPSA) is 20.2 Å². The summed E-state index contributed by atoms with van der Waals surface area (Å²) >= 11 is 1.70. The third-order valence-corrected chi connectivity index (χ3v) is 3.88. The van der Waals surface area contributed by atoms with Crippen LogP contribution in [-0.4, -0.2) is 5.11 Å². The Bertz CT molecular complexity index is 460. The van der Waals surface area contributed by atoms with Crippen LogP contribution in [0.5, 0.6) is 0 Å². The van der Waals surface area contributed by atoms with E-state index in [2.05, 4.69) is 26.0 Å². The molecule has 0 spiro atoms. The Morgan fingerprint density at radius 3 is 2.69 bits per heavy atom. The molecule has 1 nitrogen and oxygen atoms in total. The van der Waals surface area contributed by atoms with Gasteiger partial charge in [-0.25, -0.2) is 0 Å². The predicted octanol–water partition coefficient (Wildman–Crippen LogP) is 3.64. The molecule has 0 aliphatic heterocycles. The Balaban J connectivity index is 2.21. The van der Waals surface area contributed by atoms with Gasteiger partial charge in [-0.3, -0.25) is 0 Å². The second-order valence-corrected chi connectivity index (χ2v) is 5.12. The Morgan fingerprint density at radius 2 is 2.00 bits per heavy atom. The highest BCUT2D eigenvalue weighted by molar-refractivity contribution is 7.09. The summed E-state index contributed by atoms with van der Waals surface area (Å²) in [6.07, 6.45) is 0.320. The fourth-order valence-electron chi connectivity index (χ4n) is 1.86. The summed E-state index contributed by atoms with van der Waals surface area (Å²) in [6, 6.07) is 10.2. The molecule has 0 aliphatic rings. The minimum atomic E-state index is -0.390. The molecule has 1 aromatic carbocycles. The van der Waals surface area contributed by atoms with Crippen LogP contribution in [-0.2, 0) is 6.42 Å². The highest BCUT2D eigenvalue weighted by Gasteiger charge is 2.12. The average molecular weight is 232 g/mol. The molecule has 0 amide bonds. The van der Waals surface area contributed by atoms with E-state index in [1.807, 2.05) is 23.6 Å². The molecule has 0 radical (unpaired) electrons. The fraction of sp³-hybridized carbons (Fsp3) is 0.286. The van der Waals surface area contributed by atoms with Crippen LogP contribution < -0.4 is 0 Å². The number of aliphatic hydroxyl groups excluding tert-OH is 1. The van der Waals surface area contributed by atoms with E-state index in [1.165, 1.54) is 16.0 Å². The van der Waals surface area contributed by atoms with E-state index < -0.39 is 6.10 Å². The van der Waals surface area contributed by atoms with Gasteiger partial charge in [0.05, 0.1) is 6.10 Å². The van der Waals surface area contributed by atoms with Crippen molar-refractivity contribution in [2.45, 2.75) is 26.4 Å². The summed E-state index contributed by atoms with van der Waals surface area (Å²) in [5.74, 6) is 0. The van der Waals surface area contributed by atoms with E-state index in [9.17, 15) is 5.11 Å². The maximum Gasteiger partial charge on any atom is 0.0840 e. The number of rotatable bonds is 3. The first-order chi connectivity index (χ1) is 7.68. The lowest BCUT2D eigenvalue weighted by atomic mass is 9.97. The van der Waals surface area contributed by atoms with Gasteiger partial charge in [0.15, 0.2) is 0 Å². The monoisotopic (exact) mass is 232 g/mol. The second kappa shape index (κ2) is 4.81. The van der Waals surface area contributed by atoms with E-state index in [-0.39, 0.29) is 0 Å². The summed E-state index contributed by atoms with van der Waals surface area (Å²) in [5.41, 5.74) is 3.49. The SMILES string of the molecule is Cc1cccc(C(O)Cc2cccs2)c1C. The summed E-state index contributed by atoms with van der Waals surface area (Å²) < 4.78 is 0. The maximum absolute atomic E-state index is 10.2. The van der Waals surface area contributed by atoms with Crippen molar-refractivity contribution < 1.29 is 5.11 Å². The van der Waals surface area contributed by atoms with E-state index in [4.69, 9.17) is 0 Å². The van der Waals surface area contributed by atoms with Gasteiger partial charge in [-0.05, 0) is 42.0 Å². The zero-order valence-electron chi connectivity index (χ0n) is 9.60. The van der Waals surface area contributed by atoms with Crippen molar-refractivity contribution >= 4 is 11.3 Å². The van der Waals surface area contributed by atoms with Crippen molar-refractivity contribution in [3.63, 3.8) is 0 Å². The first kappa shape index (κ1) is 11.4.